The molecule has 0 bridgehead atoms. The zero-order chi connectivity index (χ0) is 21.2. The van der Waals surface area contributed by atoms with Crippen LogP contribution in [0, 0.1) is 23.3 Å². The second-order valence-corrected chi connectivity index (χ2v) is 6.74. The summed E-state index contributed by atoms with van der Waals surface area (Å²) in [5, 5.41) is 0. The highest BCUT2D eigenvalue weighted by Crippen LogP contribution is 2.36. The van der Waals surface area contributed by atoms with E-state index in [9.17, 15) is 26.3 Å². The number of benzene rings is 2. The van der Waals surface area contributed by atoms with Gasteiger partial charge in [0.2, 0.25) is 0 Å². The third-order valence-electron chi connectivity index (χ3n) is 4.60. The minimum atomic E-state index is -3.71. The van der Waals surface area contributed by atoms with Gasteiger partial charge < -0.3 is 9.47 Å². The van der Waals surface area contributed by atoms with Gasteiger partial charge in [-0.2, -0.15) is 8.78 Å². The molecule has 0 radical (unpaired) electrons. The standard InChI is InChI=1S/C21H18F6O2/c1-2-3-14-5-4-13(11-28-14)21(26,27)29-15-6-7-16(17(22)10-15)12-8-18(23)20(25)19(24)9-12/h6-11,14H,2-5H2,1H3. The first-order valence-corrected chi connectivity index (χ1v) is 9.07. The van der Waals surface area contributed by atoms with E-state index in [1.165, 1.54) is 0 Å². The number of hydrogen-bond donors (Lipinski definition) is 0. The maximum absolute atomic E-state index is 14.4. The van der Waals surface area contributed by atoms with Gasteiger partial charge in [0.15, 0.2) is 17.5 Å². The number of halogens is 6. The van der Waals surface area contributed by atoms with Crippen LogP contribution in [0.3, 0.4) is 0 Å². The maximum atomic E-state index is 14.4. The van der Waals surface area contributed by atoms with E-state index < -0.39 is 35.1 Å². The summed E-state index contributed by atoms with van der Waals surface area (Å²) in [5.41, 5.74) is -0.930. The summed E-state index contributed by atoms with van der Waals surface area (Å²) in [5.74, 6) is -6.19. The Balaban J connectivity index is 1.78. The van der Waals surface area contributed by atoms with Gasteiger partial charge >= 0.3 is 6.11 Å². The van der Waals surface area contributed by atoms with E-state index in [-0.39, 0.29) is 29.2 Å². The van der Waals surface area contributed by atoms with Gasteiger partial charge in [-0.3, -0.25) is 0 Å². The molecule has 8 heteroatoms. The quantitative estimate of drug-likeness (QED) is 0.383. The van der Waals surface area contributed by atoms with Crippen LogP contribution in [0.4, 0.5) is 26.3 Å². The third kappa shape index (κ3) is 4.68. The van der Waals surface area contributed by atoms with E-state index in [0.717, 1.165) is 31.2 Å². The van der Waals surface area contributed by atoms with Gasteiger partial charge in [0, 0.05) is 11.6 Å². The fourth-order valence-corrected chi connectivity index (χ4v) is 3.09. The summed E-state index contributed by atoms with van der Waals surface area (Å²) in [7, 11) is 0. The fraction of sp³-hybridized carbons (Fsp3) is 0.333. The fourth-order valence-electron chi connectivity index (χ4n) is 3.09. The second kappa shape index (κ2) is 8.39. The van der Waals surface area contributed by atoms with Crippen LogP contribution in [-0.4, -0.2) is 12.2 Å². The Kier molecular flexibility index (Phi) is 6.10. The van der Waals surface area contributed by atoms with Gasteiger partial charge in [-0.25, -0.2) is 17.6 Å². The molecule has 0 spiro atoms. The first-order valence-electron chi connectivity index (χ1n) is 9.07. The zero-order valence-corrected chi connectivity index (χ0v) is 15.5. The Hall–Kier alpha value is -2.64. The summed E-state index contributed by atoms with van der Waals surface area (Å²) in [4.78, 5) is 0. The van der Waals surface area contributed by atoms with Crippen molar-refractivity contribution in [2.45, 2.75) is 44.8 Å². The van der Waals surface area contributed by atoms with Crippen molar-refractivity contribution >= 4 is 0 Å². The molecule has 1 aliphatic heterocycles. The van der Waals surface area contributed by atoms with Crippen molar-refractivity contribution in [3.05, 3.63) is 65.4 Å². The van der Waals surface area contributed by atoms with Gasteiger partial charge in [-0.05, 0) is 49.1 Å². The Labute approximate surface area is 163 Å². The highest BCUT2D eigenvalue weighted by Gasteiger charge is 2.39. The van der Waals surface area contributed by atoms with Crippen LogP contribution in [0.25, 0.3) is 11.1 Å². The van der Waals surface area contributed by atoms with E-state index in [2.05, 4.69) is 4.74 Å². The predicted octanol–water partition coefficient (Wildman–Crippen LogP) is 6.74. The lowest BCUT2D eigenvalue weighted by molar-refractivity contribution is -0.149. The number of alkyl halides is 2. The van der Waals surface area contributed by atoms with Gasteiger partial charge in [0.25, 0.3) is 0 Å². The molecule has 156 valence electrons. The minimum absolute atomic E-state index is 0.0758. The normalized spacial score (nSPS) is 16.9. The van der Waals surface area contributed by atoms with Crippen LogP contribution in [-0.2, 0) is 4.74 Å². The summed E-state index contributed by atoms with van der Waals surface area (Å²) in [6.07, 6.45) is -0.716. The summed E-state index contributed by atoms with van der Waals surface area (Å²) in [6.45, 7) is 1.97. The molecule has 2 aromatic rings. The largest absolute Gasteiger partial charge is 0.498 e. The average molecular weight is 416 g/mol. The molecule has 0 aromatic heterocycles. The summed E-state index contributed by atoms with van der Waals surface area (Å²) < 4.78 is 92.8. The van der Waals surface area contributed by atoms with Gasteiger partial charge in [-0.1, -0.05) is 13.3 Å². The monoisotopic (exact) mass is 416 g/mol. The van der Waals surface area contributed by atoms with Gasteiger partial charge in [0.05, 0.1) is 17.9 Å². The van der Waals surface area contributed by atoms with Crippen molar-refractivity contribution in [1.29, 1.82) is 0 Å². The average Bonchev–Trinajstić information content (AvgIpc) is 2.66. The molecule has 2 nitrogen and oxygen atoms in total. The van der Waals surface area contributed by atoms with E-state index in [0.29, 0.717) is 24.6 Å². The lowest BCUT2D eigenvalue weighted by atomic mass is 10.0. The topological polar surface area (TPSA) is 18.5 Å². The van der Waals surface area contributed by atoms with Crippen molar-refractivity contribution in [3.63, 3.8) is 0 Å². The summed E-state index contributed by atoms with van der Waals surface area (Å²) in [6, 6.07) is 3.96. The molecular weight excluding hydrogens is 398 g/mol. The van der Waals surface area contributed by atoms with Crippen LogP contribution in [0.2, 0.25) is 0 Å². The van der Waals surface area contributed by atoms with Gasteiger partial charge in [-0.15, -0.1) is 0 Å². The molecule has 1 heterocycles. The lowest BCUT2D eigenvalue weighted by Crippen LogP contribution is -2.31. The van der Waals surface area contributed by atoms with Crippen molar-refractivity contribution in [1.82, 2.24) is 0 Å². The van der Waals surface area contributed by atoms with Crippen molar-refractivity contribution < 1.29 is 35.8 Å². The molecule has 29 heavy (non-hydrogen) atoms. The first kappa shape index (κ1) is 21.1. The van der Waals surface area contributed by atoms with Crippen molar-refractivity contribution in [2.75, 3.05) is 0 Å². The molecule has 1 unspecified atom stereocenters. The van der Waals surface area contributed by atoms with Crippen molar-refractivity contribution in [2.24, 2.45) is 0 Å². The molecule has 0 aliphatic carbocycles. The third-order valence-corrected chi connectivity index (χ3v) is 4.60. The molecule has 0 fully saturated rings. The maximum Gasteiger partial charge on any atom is 0.425 e. The highest BCUT2D eigenvalue weighted by atomic mass is 19.3. The lowest BCUT2D eigenvalue weighted by Gasteiger charge is -2.27. The number of rotatable bonds is 6. The molecular formula is C21H18F6O2. The zero-order valence-electron chi connectivity index (χ0n) is 15.5. The van der Waals surface area contributed by atoms with E-state index in [1.807, 2.05) is 6.92 Å². The Morgan fingerprint density at radius 1 is 1.03 bits per heavy atom. The van der Waals surface area contributed by atoms with E-state index >= 15 is 0 Å². The highest BCUT2D eigenvalue weighted by molar-refractivity contribution is 5.65. The molecule has 3 rings (SSSR count). The SMILES string of the molecule is CCCC1CCC(C(F)(F)Oc2ccc(-c3cc(F)c(F)c(F)c3)c(F)c2)=CO1. The predicted molar refractivity (Wildman–Crippen MR) is 94.4 cm³/mol. The smallest absolute Gasteiger partial charge is 0.425 e. The molecule has 0 saturated heterocycles. The van der Waals surface area contributed by atoms with Crippen LogP contribution < -0.4 is 4.74 Å². The van der Waals surface area contributed by atoms with Crippen LogP contribution in [0.1, 0.15) is 32.6 Å². The molecule has 1 atom stereocenters. The molecule has 0 saturated carbocycles. The minimum Gasteiger partial charge on any atom is -0.498 e. The van der Waals surface area contributed by atoms with Crippen LogP contribution >= 0.6 is 0 Å². The van der Waals surface area contributed by atoms with E-state index in [4.69, 9.17) is 4.74 Å². The van der Waals surface area contributed by atoms with Crippen LogP contribution in [0.15, 0.2) is 42.2 Å². The molecule has 0 N–H and O–H groups in total. The van der Waals surface area contributed by atoms with Gasteiger partial charge in [0.1, 0.15) is 11.6 Å². The van der Waals surface area contributed by atoms with Crippen molar-refractivity contribution in [3.8, 4) is 16.9 Å². The Bertz CT molecular complexity index is 902. The second-order valence-electron chi connectivity index (χ2n) is 6.74. The molecule has 1 aliphatic rings. The number of ether oxygens (including phenoxy) is 2. The van der Waals surface area contributed by atoms with Crippen LogP contribution in [0.5, 0.6) is 5.75 Å². The Morgan fingerprint density at radius 3 is 2.28 bits per heavy atom. The molecule has 2 aromatic carbocycles. The Morgan fingerprint density at radius 2 is 1.72 bits per heavy atom. The number of hydrogen-bond acceptors (Lipinski definition) is 2. The summed E-state index contributed by atoms with van der Waals surface area (Å²) >= 11 is 0. The first-order chi connectivity index (χ1) is 13.7. The van der Waals surface area contributed by atoms with E-state index in [1.54, 1.807) is 0 Å². The molecule has 0 amide bonds.